The van der Waals surface area contributed by atoms with Crippen molar-refractivity contribution in [3.8, 4) is 0 Å². The first-order valence-corrected chi connectivity index (χ1v) is 8.76. The van der Waals surface area contributed by atoms with Crippen LogP contribution in [-0.4, -0.2) is 30.1 Å². The number of hydrogen-bond acceptors (Lipinski definition) is 3. The molecule has 0 atom stereocenters. The van der Waals surface area contributed by atoms with Crippen molar-refractivity contribution in [1.29, 1.82) is 0 Å². The summed E-state index contributed by atoms with van der Waals surface area (Å²) in [5.74, 6) is 0.955. The number of thiazole rings is 1. The maximum Gasteiger partial charge on any atom is 0.191 e. The van der Waals surface area contributed by atoms with Crippen molar-refractivity contribution in [2.24, 2.45) is 4.99 Å². The van der Waals surface area contributed by atoms with Gasteiger partial charge in [0.15, 0.2) is 5.96 Å². The van der Waals surface area contributed by atoms with Gasteiger partial charge in [-0.05, 0) is 46.0 Å². The standard InChI is InChI=1S/C16H26N4S.HI/c1-3-17-16(20-14-8-4-5-9-14)18-11-7-6-10-15-19-13(2)12-21-15;/h4-5,12,14H,3,6-11H2,1-2H3,(H2,17,18,20);1H. The fourth-order valence-electron chi connectivity index (χ4n) is 2.34. The lowest BCUT2D eigenvalue weighted by Gasteiger charge is -2.16. The summed E-state index contributed by atoms with van der Waals surface area (Å²) in [4.78, 5) is 9.16. The third kappa shape index (κ3) is 7.09. The van der Waals surface area contributed by atoms with Gasteiger partial charge >= 0.3 is 0 Å². The van der Waals surface area contributed by atoms with E-state index in [9.17, 15) is 0 Å². The van der Waals surface area contributed by atoms with Gasteiger partial charge in [0.2, 0.25) is 0 Å². The Kier molecular flexibility index (Phi) is 9.70. The smallest absolute Gasteiger partial charge is 0.191 e. The minimum atomic E-state index is 0. The Balaban J connectivity index is 0.00000242. The zero-order valence-electron chi connectivity index (χ0n) is 13.5. The Morgan fingerprint density at radius 1 is 1.36 bits per heavy atom. The number of aromatic nitrogens is 1. The number of nitrogens with one attached hydrogen (secondary N) is 2. The van der Waals surface area contributed by atoms with Crippen LogP contribution in [0.25, 0.3) is 0 Å². The molecule has 0 saturated carbocycles. The van der Waals surface area contributed by atoms with Gasteiger partial charge in [0.05, 0.1) is 5.01 Å². The molecule has 1 heterocycles. The summed E-state index contributed by atoms with van der Waals surface area (Å²) in [5, 5.41) is 10.2. The van der Waals surface area contributed by atoms with Crippen LogP contribution in [0.3, 0.4) is 0 Å². The average Bonchev–Trinajstić information content (AvgIpc) is 3.10. The molecule has 0 fully saturated rings. The lowest BCUT2D eigenvalue weighted by Crippen LogP contribution is -2.42. The minimum absolute atomic E-state index is 0. The normalized spacial score (nSPS) is 14.9. The summed E-state index contributed by atoms with van der Waals surface area (Å²) >= 11 is 1.76. The molecular weight excluding hydrogens is 407 g/mol. The Morgan fingerprint density at radius 2 is 2.14 bits per heavy atom. The second kappa shape index (κ2) is 11.0. The number of rotatable bonds is 7. The van der Waals surface area contributed by atoms with E-state index >= 15 is 0 Å². The Hall–Kier alpha value is -0.630. The summed E-state index contributed by atoms with van der Waals surface area (Å²) in [6.07, 6.45) is 10.0. The van der Waals surface area contributed by atoms with Crippen molar-refractivity contribution < 1.29 is 0 Å². The number of guanidine groups is 1. The Labute approximate surface area is 154 Å². The van der Waals surface area contributed by atoms with E-state index < -0.39 is 0 Å². The zero-order valence-corrected chi connectivity index (χ0v) is 16.6. The van der Waals surface area contributed by atoms with E-state index in [4.69, 9.17) is 0 Å². The zero-order chi connectivity index (χ0) is 14.9. The van der Waals surface area contributed by atoms with Crippen LogP contribution in [0.15, 0.2) is 22.5 Å². The van der Waals surface area contributed by atoms with Crippen LogP contribution in [0.1, 0.15) is 43.3 Å². The lowest BCUT2D eigenvalue weighted by atomic mass is 10.2. The van der Waals surface area contributed by atoms with Gasteiger partial charge in [0.1, 0.15) is 0 Å². The van der Waals surface area contributed by atoms with Crippen molar-refractivity contribution in [3.05, 3.63) is 28.2 Å². The molecule has 124 valence electrons. The minimum Gasteiger partial charge on any atom is -0.357 e. The second-order valence-electron chi connectivity index (χ2n) is 5.38. The monoisotopic (exact) mass is 434 g/mol. The molecular formula is C16H27IN4S. The van der Waals surface area contributed by atoms with Gasteiger partial charge in [-0.25, -0.2) is 4.98 Å². The topological polar surface area (TPSA) is 49.3 Å². The Bertz CT molecular complexity index is 476. The Morgan fingerprint density at radius 3 is 2.77 bits per heavy atom. The highest BCUT2D eigenvalue weighted by molar-refractivity contribution is 14.0. The summed E-state index contributed by atoms with van der Waals surface area (Å²) < 4.78 is 0. The molecule has 0 saturated heterocycles. The largest absolute Gasteiger partial charge is 0.357 e. The predicted octanol–water partition coefficient (Wildman–Crippen LogP) is 3.67. The molecule has 1 aromatic heterocycles. The fourth-order valence-corrected chi connectivity index (χ4v) is 3.16. The number of aryl methyl sites for hydroxylation is 2. The molecule has 0 aromatic carbocycles. The molecule has 6 heteroatoms. The van der Waals surface area contributed by atoms with Crippen LogP contribution < -0.4 is 10.6 Å². The van der Waals surface area contributed by atoms with Crippen LogP contribution in [-0.2, 0) is 6.42 Å². The molecule has 0 radical (unpaired) electrons. The molecule has 0 bridgehead atoms. The van der Waals surface area contributed by atoms with Gasteiger partial charge < -0.3 is 10.6 Å². The van der Waals surface area contributed by atoms with E-state index in [0.717, 1.165) is 56.8 Å². The molecule has 0 unspecified atom stereocenters. The fraction of sp³-hybridized carbons (Fsp3) is 0.625. The van der Waals surface area contributed by atoms with Crippen molar-refractivity contribution in [2.75, 3.05) is 13.1 Å². The summed E-state index contributed by atoms with van der Waals surface area (Å²) in [7, 11) is 0. The van der Waals surface area contributed by atoms with E-state index in [1.54, 1.807) is 11.3 Å². The van der Waals surface area contributed by atoms with E-state index in [-0.39, 0.29) is 24.0 Å². The number of aliphatic imine (C=N–C) groups is 1. The maximum absolute atomic E-state index is 4.66. The number of hydrogen-bond donors (Lipinski definition) is 2. The molecule has 1 aromatic rings. The highest BCUT2D eigenvalue weighted by Crippen LogP contribution is 2.12. The average molecular weight is 434 g/mol. The maximum atomic E-state index is 4.66. The van der Waals surface area contributed by atoms with Crippen LogP contribution in [0.5, 0.6) is 0 Å². The van der Waals surface area contributed by atoms with Crippen LogP contribution in [0.2, 0.25) is 0 Å². The van der Waals surface area contributed by atoms with Gasteiger partial charge in [-0.15, -0.1) is 35.3 Å². The molecule has 2 N–H and O–H groups in total. The summed E-state index contributed by atoms with van der Waals surface area (Å²) in [6, 6.07) is 0.515. The van der Waals surface area contributed by atoms with Gasteiger partial charge in [-0.1, -0.05) is 12.2 Å². The first kappa shape index (κ1) is 19.4. The van der Waals surface area contributed by atoms with Gasteiger partial charge in [0.25, 0.3) is 0 Å². The molecule has 0 spiro atoms. The number of unbranched alkanes of at least 4 members (excludes halogenated alkanes) is 1. The lowest BCUT2D eigenvalue weighted by molar-refractivity contribution is 0.630. The number of nitrogens with zero attached hydrogens (tertiary/aromatic N) is 2. The molecule has 0 amide bonds. The third-order valence-electron chi connectivity index (χ3n) is 3.43. The van der Waals surface area contributed by atoms with E-state index in [1.807, 2.05) is 0 Å². The van der Waals surface area contributed by atoms with Gasteiger partial charge in [-0.3, -0.25) is 4.99 Å². The molecule has 4 nitrogen and oxygen atoms in total. The molecule has 2 rings (SSSR count). The van der Waals surface area contributed by atoms with Gasteiger partial charge in [0, 0.05) is 30.2 Å². The SMILES string of the molecule is CCNC(=NCCCCc1nc(C)cs1)NC1CC=CC1.I. The summed E-state index contributed by atoms with van der Waals surface area (Å²) in [6.45, 7) is 5.94. The van der Waals surface area contributed by atoms with E-state index in [0.29, 0.717) is 6.04 Å². The second-order valence-corrected chi connectivity index (χ2v) is 6.33. The van der Waals surface area contributed by atoms with Crippen LogP contribution in [0, 0.1) is 6.92 Å². The number of halogens is 1. The first-order chi connectivity index (χ1) is 10.3. The molecule has 1 aliphatic rings. The van der Waals surface area contributed by atoms with Crippen LogP contribution in [0.4, 0.5) is 0 Å². The quantitative estimate of drug-likeness (QED) is 0.226. The highest BCUT2D eigenvalue weighted by atomic mass is 127. The third-order valence-corrected chi connectivity index (χ3v) is 4.45. The predicted molar refractivity (Wildman–Crippen MR) is 106 cm³/mol. The molecule has 22 heavy (non-hydrogen) atoms. The van der Waals surface area contributed by atoms with Crippen LogP contribution >= 0.6 is 35.3 Å². The van der Waals surface area contributed by atoms with E-state index in [2.05, 4.69) is 52.0 Å². The van der Waals surface area contributed by atoms with Gasteiger partial charge in [-0.2, -0.15) is 0 Å². The van der Waals surface area contributed by atoms with E-state index in [1.165, 1.54) is 5.01 Å². The van der Waals surface area contributed by atoms with Crippen molar-refractivity contribution in [3.63, 3.8) is 0 Å². The van der Waals surface area contributed by atoms with Crippen molar-refractivity contribution in [1.82, 2.24) is 15.6 Å². The first-order valence-electron chi connectivity index (χ1n) is 7.88. The highest BCUT2D eigenvalue weighted by Gasteiger charge is 2.11. The molecule has 0 aliphatic heterocycles. The molecule has 1 aliphatic carbocycles. The van der Waals surface area contributed by atoms with Crippen molar-refractivity contribution >= 4 is 41.3 Å². The van der Waals surface area contributed by atoms with Crippen molar-refractivity contribution in [2.45, 2.75) is 52.0 Å². The summed E-state index contributed by atoms with van der Waals surface area (Å²) in [5.41, 5.74) is 1.14.